The predicted octanol–water partition coefficient (Wildman–Crippen LogP) is -0.776. The maximum atomic E-state index is 11.4. The molecule has 15 heavy (non-hydrogen) atoms. The zero-order chi connectivity index (χ0) is 11.5. The van der Waals surface area contributed by atoms with Crippen LogP contribution in [0.25, 0.3) is 0 Å². The highest BCUT2D eigenvalue weighted by atomic mass is 16.2. The molecule has 0 atom stereocenters. The second kappa shape index (κ2) is 4.61. The largest absolute Gasteiger partial charge is 0.369 e. The predicted molar refractivity (Wildman–Crippen MR) is 57.0 cm³/mol. The van der Waals surface area contributed by atoms with Gasteiger partial charge in [-0.15, -0.1) is 0 Å². The molecule has 0 radical (unpaired) electrons. The van der Waals surface area contributed by atoms with Crippen molar-refractivity contribution < 1.29 is 9.59 Å². The minimum Gasteiger partial charge on any atom is -0.369 e. The molecular formula is C10H19N3O2. The van der Waals surface area contributed by atoms with Crippen molar-refractivity contribution >= 4 is 11.8 Å². The van der Waals surface area contributed by atoms with Gasteiger partial charge in [-0.25, -0.2) is 0 Å². The molecule has 5 nitrogen and oxygen atoms in total. The van der Waals surface area contributed by atoms with Crippen LogP contribution in [-0.4, -0.2) is 31.4 Å². The van der Waals surface area contributed by atoms with Crippen LogP contribution in [-0.2, 0) is 9.59 Å². The van der Waals surface area contributed by atoms with E-state index >= 15 is 0 Å². The molecule has 1 saturated heterocycles. The third-order valence-corrected chi connectivity index (χ3v) is 2.73. The molecule has 0 saturated carbocycles. The van der Waals surface area contributed by atoms with Crippen LogP contribution in [0.15, 0.2) is 0 Å². The quantitative estimate of drug-likeness (QED) is 0.560. The van der Waals surface area contributed by atoms with Gasteiger partial charge in [0.15, 0.2) is 0 Å². The SMILES string of the molecule is CC(C)(CNC(=O)CC1CNC1)C(N)=O. The standard InChI is InChI=1S/C10H19N3O2/c1-10(2,9(11)15)6-13-8(14)3-7-4-12-5-7/h7,12H,3-6H2,1-2H3,(H2,11,15)(H,13,14). The molecule has 1 rings (SSSR count). The normalized spacial score (nSPS) is 16.9. The lowest BCUT2D eigenvalue weighted by molar-refractivity contribution is -0.127. The summed E-state index contributed by atoms with van der Waals surface area (Å²) in [6, 6.07) is 0. The van der Waals surface area contributed by atoms with Gasteiger partial charge in [0.2, 0.25) is 11.8 Å². The molecule has 0 aliphatic carbocycles. The maximum absolute atomic E-state index is 11.4. The number of carbonyl (C=O) groups excluding carboxylic acids is 2. The highest BCUT2D eigenvalue weighted by Gasteiger charge is 2.26. The molecule has 5 heteroatoms. The number of hydrogen-bond donors (Lipinski definition) is 3. The molecule has 0 spiro atoms. The molecule has 0 bridgehead atoms. The monoisotopic (exact) mass is 213 g/mol. The Balaban J connectivity index is 2.23. The lowest BCUT2D eigenvalue weighted by Gasteiger charge is -2.27. The zero-order valence-electron chi connectivity index (χ0n) is 9.30. The van der Waals surface area contributed by atoms with Crippen LogP contribution in [0.1, 0.15) is 20.3 Å². The summed E-state index contributed by atoms with van der Waals surface area (Å²) < 4.78 is 0. The van der Waals surface area contributed by atoms with Crippen LogP contribution in [0, 0.1) is 11.3 Å². The number of nitrogens with two attached hydrogens (primary N) is 1. The van der Waals surface area contributed by atoms with E-state index in [4.69, 9.17) is 5.73 Å². The van der Waals surface area contributed by atoms with Crippen molar-refractivity contribution in [3.05, 3.63) is 0 Å². The second-order valence-electron chi connectivity index (χ2n) is 4.75. The average Bonchev–Trinajstić information content (AvgIpc) is 2.08. The Morgan fingerprint density at radius 2 is 2.07 bits per heavy atom. The Labute approximate surface area is 89.8 Å². The van der Waals surface area contributed by atoms with Crippen LogP contribution in [0.4, 0.5) is 0 Å². The number of amides is 2. The van der Waals surface area contributed by atoms with E-state index in [1.54, 1.807) is 13.8 Å². The summed E-state index contributed by atoms with van der Waals surface area (Å²) in [5, 5.41) is 5.84. The van der Waals surface area contributed by atoms with Gasteiger partial charge in [-0.2, -0.15) is 0 Å². The Bertz CT molecular complexity index is 259. The number of hydrogen-bond acceptors (Lipinski definition) is 3. The molecule has 0 aromatic rings. The highest BCUT2D eigenvalue weighted by molar-refractivity contribution is 5.82. The number of rotatable bonds is 5. The fourth-order valence-corrected chi connectivity index (χ4v) is 1.23. The van der Waals surface area contributed by atoms with E-state index in [-0.39, 0.29) is 5.91 Å². The summed E-state index contributed by atoms with van der Waals surface area (Å²) in [4.78, 5) is 22.4. The van der Waals surface area contributed by atoms with Crippen LogP contribution in [0.2, 0.25) is 0 Å². The molecule has 1 heterocycles. The minimum atomic E-state index is -0.673. The fourth-order valence-electron chi connectivity index (χ4n) is 1.23. The van der Waals surface area contributed by atoms with Crippen LogP contribution < -0.4 is 16.4 Å². The smallest absolute Gasteiger partial charge is 0.224 e. The van der Waals surface area contributed by atoms with Crippen LogP contribution >= 0.6 is 0 Å². The van der Waals surface area contributed by atoms with Crippen molar-refractivity contribution in [1.82, 2.24) is 10.6 Å². The molecule has 4 N–H and O–H groups in total. The van der Waals surface area contributed by atoms with Crippen molar-refractivity contribution in [2.45, 2.75) is 20.3 Å². The average molecular weight is 213 g/mol. The first-order valence-corrected chi connectivity index (χ1v) is 5.19. The summed E-state index contributed by atoms with van der Waals surface area (Å²) in [5.41, 5.74) is 4.52. The van der Waals surface area contributed by atoms with Gasteiger partial charge in [-0.05, 0) is 32.9 Å². The van der Waals surface area contributed by atoms with Gasteiger partial charge < -0.3 is 16.4 Å². The molecule has 1 fully saturated rings. The number of carbonyl (C=O) groups is 2. The zero-order valence-corrected chi connectivity index (χ0v) is 9.30. The van der Waals surface area contributed by atoms with Gasteiger partial charge >= 0.3 is 0 Å². The molecule has 86 valence electrons. The molecule has 2 amide bonds. The Kier molecular flexibility index (Phi) is 3.68. The topological polar surface area (TPSA) is 84.2 Å². The van der Waals surface area contributed by atoms with Crippen molar-refractivity contribution in [1.29, 1.82) is 0 Å². The lowest BCUT2D eigenvalue weighted by Crippen LogP contribution is -2.46. The van der Waals surface area contributed by atoms with Crippen LogP contribution in [0.3, 0.4) is 0 Å². The molecule has 1 aliphatic heterocycles. The van der Waals surface area contributed by atoms with E-state index in [2.05, 4.69) is 10.6 Å². The van der Waals surface area contributed by atoms with Gasteiger partial charge in [0.05, 0.1) is 5.41 Å². The summed E-state index contributed by atoms with van der Waals surface area (Å²) >= 11 is 0. The van der Waals surface area contributed by atoms with Gasteiger partial charge in [0.1, 0.15) is 0 Å². The van der Waals surface area contributed by atoms with E-state index in [0.29, 0.717) is 18.9 Å². The Morgan fingerprint density at radius 3 is 2.47 bits per heavy atom. The van der Waals surface area contributed by atoms with Gasteiger partial charge in [-0.1, -0.05) is 0 Å². The third kappa shape index (κ3) is 3.51. The Hall–Kier alpha value is -1.10. The summed E-state index contributed by atoms with van der Waals surface area (Å²) in [7, 11) is 0. The first-order chi connectivity index (χ1) is 6.92. The first kappa shape index (κ1) is 12.0. The van der Waals surface area contributed by atoms with E-state index < -0.39 is 11.3 Å². The third-order valence-electron chi connectivity index (χ3n) is 2.73. The van der Waals surface area contributed by atoms with Crippen molar-refractivity contribution in [3.8, 4) is 0 Å². The van der Waals surface area contributed by atoms with Crippen molar-refractivity contribution in [3.63, 3.8) is 0 Å². The Morgan fingerprint density at radius 1 is 1.47 bits per heavy atom. The van der Waals surface area contributed by atoms with E-state index in [1.807, 2.05) is 0 Å². The molecule has 1 aliphatic rings. The first-order valence-electron chi connectivity index (χ1n) is 5.19. The maximum Gasteiger partial charge on any atom is 0.224 e. The van der Waals surface area contributed by atoms with Crippen molar-refractivity contribution in [2.24, 2.45) is 17.1 Å². The van der Waals surface area contributed by atoms with Gasteiger partial charge in [-0.3, -0.25) is 9.59 Å². The van der Waals surface area contributed by atoms with Gasteiger partial charge in [0.25, 0.3) is 0 Å². The molecule has 0 unspecified atom stereocenters. The number of primary amides is 1. The van der Waals surface area contributed by atoms with E-state index in [9.17, 15) is 9.59 Å². The molecule has 0 aromatic carbocycles. The number of nitrogens with one attached hydrogen (secondary N) is 2. The van der Waals surface area contributed by atoms with E-state index in [1.165, 1.54) is 0 Å². The summed E-state index contributed by atoms with van der Waals surface area (Å²) in [6.45, 7) is 5.57. The van der Waals surface area contributed by atoms with Gasteiger partial charge in [0, 0.05) is 13.0 Å². The highest BCUT2D eigenvalue weighted by Crippen LogP contribution is 2.13. The second-order valence-corrected chi connectivity index (χ2v) is 4.75. The van der Waals surface area contributed by atoms with Crippen molar-refractivity contribution in [2.75, 3.05) is 19.6 Å². The lowest BCUT2D eigenvalue weighted by atomic mass is 9.92. The minimum absolute atomic E-state index is 0.00387. The summed E-state index contributed by atoms with van der Waals surface area (Å²) in [6.07, 6.45) is 0.530. The molecule has 0 aromatic heterocycles. The fraction of sp³-hybridized carbons (Fsp3) is 0.800. The summed E-state index contributed by atoms with van der Waals surface area (Å²) in [5.74, 6) is 0.0469. The van der Waals surface area contributed by atoms with Crippen LogP contribution in [0.5, 0.6) is 0 Å². The molecular weight excluding hydrogens is 194 g/mol. The van der Waals surface area contributed by atoms with E-state index in [0.717, 1.165) is 13.1 Å².